The Balaban J connectivity index is 2.04. The highest BCUT2D eigenvalue weighted by molar-refractivity contribution is 5.78. The van der Waals surface area contributed by atoms with E-state index in [-0.39, 0.29) is 17.0 Å². The van der Waals surface area contributed by atoms with Gasteiger partial charge in [0.05, 0.1) is 10.5 Å². The van der Waals surface area contributed by atoms with E-state index in [0.29, 0.717) is 11.3 Å². The quantitative estimate of drug-likeness (QED) is 0.477. The Morgan fingerprint density at radius 2 is 2.00 bits per heavy atom. The molecule has 1 spiro atoms. The molecule has 0 bridgehead atoms. The van der Waals surface area contributed by atoms with Crippen molar-refractivity contribution in [2.75, 3.05) is 5.73 Å². The monoisotopic (exact) mass is 260 g/mol. The topological polar surface area (TPSA) is 78.4 Å². The summed E-state index contributed by atoms with van der Waals surface area (Å²) in [5.74, 6) is 0.574. The molecule has 0 radical (unpaired) electrons. The fourth-order valence-electron chi connectivity index (χ4n) is 2.97. The molecule has 0 amide bonds. The van der Waals surface area contributed by atoms with Gasteiger partial charge in [-0.1, -0.05) is 6.42 Å². The maximum atomic E-state index is 11.1. The van der Waals surface area contributed by atoms with Crippen LogP contribution in [0.4, 0.5) is 11.4 Å². The summed E-state index contributed by atoms with van der Waals surface area (Å²) < 4.78 is 6.06. The number of rotatable bonds is 1. The molecule has 1 aromatic carbocycles. The molecule has 2 aliphatic rings. The van der Waals surface area contributed by atoms with Crippen molar-refractivity contribution in [3.05, 3.63) is 33.9 Å². The molecule has 3 rings (SSSR count). The second-order valence-electron chi connectivity index (χ2n) is 5.23. The summed E-state index contributed by atoms with van der Waals surface area (Å²) in [6.45, 7) is 0. The van der Waals surface area contributed by atoms with Gasteiger partial charge in [-0.05, 0) is 50.0 Å². The van der Waals surface area contributed by atoms with Gasteiger partial charge in [0.15, 0.2) is 0 Å². The van der Waals surface area contributed by atoms with Crippen LogP contribution in [-0.2, 0) is 0 Å². The first-order valence-corrected chi connectivity index (χ1v) is 6.56. The lowest BCUT2D eigenvalue weighted by Gasteiger charge is -2.37. The van der Waals surface area contributed by atoms with Crippen molar-refractivity contribution >= 4 is 17.5 Å². The van der Waals surface area contributed by atoms with Crippen molar-refractivity contribution in [3.8, 4) is 5.75 Å². The van der Waals surface area contributed by atoms with Crippen LogP contribution in [0.1, 0.15) is 37.7 Å². The summed E-state index contributed by atoms with van der Waals surface area (Å²) in [6.07, 6.45) is 9.23. The minimum absolute atomic E-state index is 0.0561. The second-order valence-corrected chi connectivity index (χ2v) is 5.23. The molecular weight excluding hydrogens is 244 g/mol. The largest absolute Gasteiger partial charge is 0.482 e. The minimum Gasteiger partial charge on any atom is -0.482 e. The van der Waals surface area contributed by atoms with Gasteiger partial charge < -0.3 is 10.5 Å². The first kappa shape index (κ1) is 12.0. The van der Waals surface area contributed by atoms with E-state index >= 15 is 0 Å². The van der Waals surface area contributed by atoms with Crippen LogP contribution in [0.3, 0.4) is 0 Å². The standard InChI is InChI=1S/C14H16N2O3/c15-11-4-5-12-10(13(11)16(17)18)6-9-14(19-12)7-2-1-3-8-14/h4-6,9H,1-3,7-8,15H2. The number of nitrogens with two attached hydrogens (primary N) is 1. The zero-order chi connectivity index (χ0) is 13.5. The summed E-state index contributed by atoms with van der Waals surface area (Å²) in [7, 11) is 0. The molecule has 100 valence electrons. The predicted molar refractivity (Wildman–Crippen MR) is 73.0 cm³/mol. The lowest BCUT2D eigenvalue weighted by atomic mass is 9.82. The number of fused-ring (bicyclic) bond motifs is 1. The van der Waals surface area contributed by atoms with Crippen molar-refractivity contribution < 1.29 is 9.66 Å². The molecule has 19 heavy (non-hydrogen) atoms. The van der Waals surface area contributed by atoms with Crippen LogP contribution in [0.15, 0.2) is 18.2 Å². The zero-order valence-electron chi connectivity index (χ0n) is 10.6. The van der Waals surface area contributed by atoms with Crippen LogP contribution >= 0.6 is 0 Å². The number of benzene rings is 1. The zero-order valence-corrected chi connectivity index (χ0v) is 10.6. The van der Waals surface area contributed by atoms with Crippen LogP contribution < -0.4 is 10.5 Å². The average molecular weight is 260 g/mol. The minimum atomic E-state index is -0.444. The molecule has 1 fully saturated rings. The number of anilines is 1. The lowest BCUT2D eigenvalue weighted by molar-refractivity contribution is -0.384. The summed E-state index contributed by atoms with van der Waals surface area (Å²) in [4.78, 5) is 10.7. The number of nitro groups is 1. The summed E-state index contributed by atoms with van der Waals surface area (Å²) >= 11 is 0. The maximum absolute atomic E-state index is 11.1. The molecule has 5 nitrogen and oxygen atoms in total. The Morgan fingerprint density at radius 1 is 1.26 bits per heavy atom. The van der Waals surface area contributed by atoms with E-state index in [2.05, 4.69) is 0 Å². The molecule has 0 unspecified atom stereocenters. The summed E-state index contributed by atoms with van der Waals surface area (Å²) in [5.41, 5.74) is 6.02. The molecule has 0 atom stereocenters. The highest BCUT2D eigenvalue weighted by atomic mass is 16.6. The Labute approximate surface area is 111 Å². The van der Waals surface area contributed by atoms with Gasteiger partial charge >= 0.3 is 5.69 Å². The van der Waals surface area contributed by atoms with Crippen LogP contribution in [0.2, 0.25) is 0 Å². The molecule has 1 aromatic rings. The molecule has 2 N–H and O–H groups in total. The van der Waals surface area contributed by atoms with Crippen LogP contribution in [-0.4, -0.2) is 10.5 Å². The molecular formula is C14H16N2O3. The fraction of sp³-hybridized carbons (Fsp3) is 0.429. The van der Waals surface area contributed by atoms with Gasteiger partial charge in [-0.2, -0.15) is 0 Å². The van der Waals surface area contributed by atoms with Gasteiger partial charge in [-0.15, -0.1) is 0 Å². The van der Waals surface area contributed by atoms with Gasteiger partial charge in [0.2, 0.25) is 0 Å². The number of nitrogen functional groups attached to an aromatic ring is 1. The third-order valence-electron chi connectivity index (χ3n) is 3.96. The SMILES string of the molecule is Nc1ccc2c(c1[N+](=O)[O-])C=CC1(CCCCC1)O2. The molecule has 1 saturated carbocycles. The highest BCUT2D eigenvalue weighted by Crippen LogP contribution is 2.44. The Hall–Kier alpha value is -2.04. The van der Waals surface area contributed by atoms with Crippen LogP contribution in [0, 0.1) is 10.1 Å². The number of nitro benzene ring substituents is 1. The van der Waals surface area contributed by atoms with Crippen LogP contribution in [0.5, 0.6) is 5.75 Å². The molecule has 1 aliphatic heterocycles. The molecule has 0 aromatic heterocycles. The van der Waals surface area contributed by atoms with Gasteiger partial charge in [0.25, 0.3) is 0 Å². The van der Waals surface area contributed by atoms with Gasteiger partial charge in [-0.3, -0.25) is 10.1 Å². The number of ether oxygens (including phenoxy) is 1. The summed E-state index contributed by atoms with van der Waals surface area (Å²) in [6, 6.07) is 3.28. The molecule has 5 heteroatoms. The number of hydrogen-bond donors (Lipinski definition) is 1. The maximum Gasteiger partial charge on any atom is 0.302 e. The van der Waals surface area contributed by atoms with Crippen molar-refractivity contribution in [2.45, 2.75) is 37.7 Å². The van der Waals surface area contributed by atoms with Crippen LogP contribution in [0.25, 0.3) is 6.08 Å². The number of hydrogen-bond acceptors (Lipinski definition) is 4. The predicted octanol–water partition coefficient (Wildman–Crippen LogP) is 3.29. The lowest BCUT2D eigenvalue weighted by Crippen LogP contribution is -2.37. The third-order valence-corrected chi connectivity index (χ3v) is 3.96. The van der Waals surface area contributed by atoms with E-state index in [4.69, 9.17) is 10.5 Å². The van der Waals surface area contributed by atoms with Gasteiger partial charge in [0.1, 0.15) is 17.0 Å². The fourth-order valence-corrected chi connectivity index (χ4v) is 2.97. The van der Waals surface area contributed by atoms with Gasteiger partial charge in [-0.25, -0.2) is 0 Å². The van der Waals surface area contributed by atoms with E-state index in [1.807, 2.05) is 6.08 Å². The first-order chi connectivity index (χ1) is 9.11. The number of nitrogens with zero attached hydrogens (tertiary/aromatic N) is 1. The third kappa shape index (κ3) is 1.95. The Kier molecular flexibility index (Phi) is 2.69. The van der Waals surface area contributed by atoms with Gasteiger partial charge in [0, 0.05) is 0 Å². The summed E-state index contributed by atoms with van der Waals surface area (Å²) in [5, 5.41) is 11.1. The second kappa shape index (κ2) is 4.26. The van der Waals surface area contributed by atoms with E-state index in [9.17, 15) is 10.1 Å². The van der Waals surface area contributed by atoms with Crippen molar-refractivity contribution in [1.29, 1.82) is 0 Å². The van der Waals surface area contributed by atoms with E-state index in [1.54, 1.807) is 18.2 Å². The van der Waals surface area contributed by atoms with E-state index in [1.165, 1.54) is 6.42 Å². The first-order valence-electron chi connectivity index (χ1n) is 6.56. The Bertz CT molecular complexity index is 560. The van der Waals surface area contributed by atoms with E-state index in [0.717, 1.165) is 25.7 Å². The van der Waals surface area contributed by atoms with Crippen molar-refractivity contribution in [2.24, 2.45) is 0 Å². The van der Waals surface area contributed by atoms with E-state index < -0.39 is 4.92 Å². The average Bonchev–Trinajstić information content (AvgIpc) is 2.39. The highest BCUT2D eigenvalue weighted by Gasteiger charge is 2.36. The Morgan fingerprint density at radius 3 is 2.68 bits per heavy atom. The normalized spacial score (nSPS) is 19.8. The molecule has 0 saturated heterocycles. The van der Waals surface area contributed by atoms with Crippen molar-refractivity contribution in [1.82, 2.24) is 0 Å². The molecule has 1 heterocycles. The van der Waals surface area contributed by atoms with Crippen molar-refractivity contribution in [3.63, 3.8) is 0 Å². The molecule has 1 aliphatic carbocycles. The smallest absolute Gasteiger partial charge is 0.302 e.